The molecule has 0 fully saturated rings. The summed E-state index contributed by atoms with van der Waals surface area (Å²) in [6.07, 6.45) is -0.699. The van der Waals surface area contributed by atoms with Crippen molar-refractivity contribution in [2.24, 2.45) is 0 Å². The fourth-order valence-corrected chi connectivity index (χ4v) is 2.17. The Bertz CT molecular complexity index is 357. The zero-order chi connectivity index (χ0) is 12.0. The van der Waals surface area contributed by atoms with Gasteiger partial charge in [-0.15, -0.1) is 11.8 Å². The topological polar surface area (TPSA) is 57.5 Å². The van der Waals surface area contributed by atoms with Gasteiger partial charge in [0.05, 0.1) is 12.5 Å². The molecule has 1 rings (SSSR count). The molecule has 1 unspecified atom stereocenters. The SMILES string of the molecule is O=C(O)CC(O)CCSc1cccc(F)c1. The first kappa shape index (κ1) is 13.0. The van der Waals surface area contributed by atoms with Crippen molar-refractivity contribution < 1.29 is 19.4 Å². The summed E-state index contributed by atoms with van der Waals surface area (Å²) in [5.41, 5.74) is 0. The summed E-state index contributed by atoms with van der Waals surface area (Å²) in [4.78, 5) is 11.1. The number of aliphatic hydroxyl groups excluding tert-OH is 1. The van der Waals surface area contributed by atoms with Crippen LogP contribution in [0.25, 0.3) is 0 Å². The monoisotopic (exact) mass is 244 g/mol. The minimum Gasteiger partial charge on any atom is -0.481 e. The first-order valence-corrected chi connectivity index (χ1v) is 5.84. The number of benzene rings is 1. The molecule has 1 atom stereocenters. The Morgan fingerprint density at radius 3 is 2.88 bits per heavy atom. The van der Waals surface area contributed by atoms with Gasteiger partial charge in [0, 0.05) is 10.6 Å². The number of aliphatic carboxylic acids is 1. The molecule has 0 aliphatic heterocycles. The van der Waals surface area contributed by atoms with Crippen LogP contribution in [0.2, 0.25) is 0 Å². The van der Waals surface area contributed by atoms with Crippen LogP contribution in [-0.4, -0.2) is 28.0 Å². The largest absolute Gasteiger partial charge is 0.481 e. The lowest BCUT2D eigenvalue weighted by Gasteiger charge is -2.07. The number of aliphatic hydroxyl groups is 1. The van der Waals surface area contributed by atoms with Crippen LogP contribution in [0.15, 0.2) is 29.2 Å². The number of carbonyl (C=O) groups is 1. The first-order chi connectivity index (χ1) is 7.58. The van der Waals surface area contributed by atoms with E-state index < -0.39 is 12.1 Å². The Morgan fingerprint density at radius 1 is 1.50 bits per heavy atom. The highest BCUT2D eigenvalue weighted by Crippen LogP contribution is 2.20. The van der Waals surface area contributed by atoms with Crippen LogP contribution in [0.5, 0.6) is 0 Å². The van der Waals surface area contributed by atoms with Gasteiger partial charge in [0.25, 0.3) is 0 Å². The molecule has 0 bridgehead atoms. The standard InChI is InChI=1S/C11H13FO3S/c12-8-2-1-3-10(6-8)16-5-4-9(13)7-11(14)15/h1-3,6,9,13H,4-5,7H2,(H,14,15). The maximum absolute atomic E-state index is 12.8. The number of hydrogen-bond donors (Lipinski definition) is 2. The lowest BCUT2D eigenvalue weighted by molar-refractivity contribution is -0.139. The minimum absolute atomic E-state index is 0.246. The predicted molar refractivity (Wildman–Crippen MR) is 60.0 cm³/mol. The molecular weight excluding hydrogens is 231 g/mol. The number of thioether (sulfide) groups is 1. The van der Waals surface area contributed by atoms with E-state index in [1.165, 1.54) is 23.9 Å². The molecule has 2 N–H and O–H groups in total. The molecule has 0 aliphatic rings. The molecule has 88 valence electrons. The second-order valence-electron chi connectivity index (χ2n) is 3.35. The highest BCUT2D eigenvalue weighted by atomic mass is 32.2. The molecule has 1 aromatic carbocycles. The van der Waals surface area contributed by atoms with Gasteiger partial charge in [-0.3, -0.25) is 4.79 Å². The Kier molecular flexibility index (Phi) is 5.28. The first-order valence-electron chi connectivity index (χ1n) is 4.86. The molecule has 0 aliphatic carbocycles. The summed E-state index contributed by atoms with van der Waals surface area (Å²) in [6, 6.07) is 6.17. The maximum atomic E-state index is 12.8. The van der Waals surface area contributed by atoms with Gasteiger partial charge in [-0.2, -0.15) is 0 Å². The highest BCUT2D eigenvalue weighted by molar-refractivity contribution is 7.99. The smallest absolute Gasteiger partial charge is 0.305 e. The van der Waals surface area contributed by atoms with E-state index in [-0.39, 0.29) is 12.2 Å². The number of carboxylic acids is 1. The molecule has 1 aromatic rings. The summed E-state index contributed by atoms with van der Waals surface area (Å²) in [6.45, 7) is 0. The van der Waals surface area contributed by atoms with Gasteiger partial charge < -0.3 is 10.2 Å². The van der Waals surface area contributed by atoms with Gasteiger partial charge in [-0.1, -0.05) is 6.07 Å². The van der Waals surface area contributed by atoms with Gasteiger partial charge in [0.2, 0.25) is 0 Å². The maximum Gasteiger partial charge on any atom is 0.305 e. The molecule has 5 heteroatoms. The Morgan fingerprint density at radius 2 is 2.25 bits per heavy atom. The number of carboxylic acid groups (broad SMARTS) is 1. The Labute approximate surface area is 97.3 Å². The van der Waals surface area contributed by atoms with E-state index in [1.54, 1.807) is 12.1 Å². The Balaban J connectivity index is 2.27. The van der Waals surface area contributed by atoms with Crippen molar-refractivity contribution in [1.29, 1.82) is 0 Å². The fraction of sp³-hybridized carbons (Fsp3) is 0.364. The van der Waals surface area contributed by atoms with Crippen LogP contribution in [-0.2, 0) is 4.79 Å². The van der Waals surface area contributed by atoms with E-state index in [1.807, 2.05) is 0 Å². The van der Waals surface area contributed by atoms with Crippen molar-refractivity contribution in [2.75, 3.05) is 5.75 Å². The van der Waals surface area contributed by atoms with Crippen molar-refractivity contribution in [2.45, 2.75) is 23.8 Å². The van der Waals surface area contributed by atoms with Crippen LogP contribution in [0.3, 0.4) is 0 Å². The van der Waals surface area contributed by atoms with Crippen LogP contribution >= 0.6 is 11.8 Å². The number of halogens is 1. The van der Waals surface area contributed by atoms with E-state index in [2.05, 4.69) is 0 Å². The van der Waals surface area contributed by atoms with Crippen LogP contribution in [0.1, 0.15) is 12.8 Å². The molecule has 0 aromatic heterocycles. The molecule has 0 heterocycles. The fourth-order valence-electron chi connectivity index (χ4n) is 1.17. The lowest BCUT2D eigenvalue weighted by Crippen LogP contribution is -2.13. The van der Waals surface area contributed by atoms with Gasteiger partial charge in [-0.25, -0.2) is 4.39 Å². The molecule has 0 spiro atoms. The van der Waals surface area contributed by atoms with Gasteiger partial charge in [-0.05, 0) is 24.6 Å². The molecular formula is C11H13FO3S. The highest BCUT2D eigenvalue weighted by Gasteiger charge is 2.09. The van der Waals surface area contributed by atoms with Crippen molar-refractivity contribution in [3.63, 3.8) is 0 Å². The number of rotatable bonds is 6. The molecule has 0 saturated heterocycles. The average molecular weight is 244 g/mol. The summed E-state index contributed by atoms with van der Waals surface area (Å²) >= 11 is 1.40. The molecule has 16 heavy (non-hydrogen) atoms. The van der Waals surface area contributed by atoms with Gasteiger partial charge in [0.15, 0.2) is 0 Å². The van der Waals surface area contributed by atoms with Crippen molar-refractivity contribution in [3.8, 4) is 0 Å². The van der Waals surface area contributed by atoms with Crippen molar-refractivity contribution in [3.05, 3.63) is 30.1 Å². The minimum atomic E-state index is -1.01. The zero-order valence-electron chi connectivity index (χ0n) is 8.60. The predicted octanol–water partition coefficient (Wildman–Crippen LogP) is 2.14. The van der Waals surface area contributed by atoms with E-state index in [0.717, 1.165) is 4.90 Å². The Hall–Kier alpha value is -1.07. The lowest BCUT2D eigenvalue weighted by atomic mass is 10.2. The zero-order valence-corrected chi connectivity index (χ0v) is 9.41. The van der Waals surface area contributed by atoms with Crippen LogP contribution in [0.4, 0.5) is 4.39 Å². The number of hydrogen-bond acceptors (Lipinski definition) is 3. The van der Waals surface area contributed by atoms with E-state index >= 15 is 0 Å². The van der Waals surface area contributed by atoms with Crippen LogP contribution < -0.4 is 0 Å². The van der Waals surface area contributed by atoms with Gasteiger partial charge in [0.1, 0.15) is 5.82 Å². The molecule has 0 amide bonds. The molecule has 0 radical (unpaired) electrons. The summed E-state index contributed by atoms with van der Waals surface area (Å²) < 4.78 is 12.8. The third-order valence-electron chi connectivity index (χ3n) is 1.93. The van der Waals surface area contributed by atoms with E-state index in [4.69, 9.17) is 5.11 Å². The molecule has 3 nitrogen and oxygen atoms in total. The second kappa shape index (κ2) is 6.50. The third-order valence-corrected chi connectivity index (χ3v) is 2.95. The summed E-state index contributed by atoms with van der Waals surface area (Å²) in [7, 11) is 0. The summed E-state index contributed by atoms with van der Waals surface area (Å²) in [5.74, 6) is -0.739. The van der Waals surface area contributed by atoms with Gasteiger partial charge >= 0.3 is 5.97 Å². The quantitative estimate of drug-likeness (QED) is 0.753. The van der Waals surface area contributed by atoms with E-state index in [9.17, 15) is 14.3 Å². The normalized spacial score (nSPS) is 12.4. The van der Waals surface area contributed by atoms with E-state index in [0.29, 0.717) is 12.2 Å². The van der Waals surface area contributed by atoms with Crippen LogP contribution in [0, 0.1) is 5.82 Å². The van der Waals surface area contributed by atoms with Crippen molar-refractivity contribution in [1.82, 2.24) is 0 Å². The average Bonchev–Trinajstić information content (AvgIpc) is 2.16. The summed E-state index contributed by atoms with van der Waals surface area (Å²) in [5, 5.41) is 17.7. The third kappa shape index (κ3) is 5.14. The van der Waals surface area contributed by atoms with Crippen molar-refractivity contribution >= 4 is 17.7 Å². The molecule has 0 saturated carbocycles. The second-order valence-corrected chi connectivity index (χ2v) is 4.51.